The molecule has 0 unspecified atom stereocenters. The zero-order chi connectivity index (χ0) is 12.8. The number of hydrogen-bond donors (Lipinski definition) is 0. The summed E-state index contributed by atoms with van der Waals surface area (Å²) in [5.74, 6) is -0.106. The third-order valence-electron chi connectivity index (χ3n) is 2.82. The first-order valence-electron chi connectivity index (χ1n) is 7.12. The Hall–Kier alpha value is -0.790. The van der Waals surface area contributed by atoms with E-state index in [1.54, 1.807) is 6.08 Å². The quantitative estimate of drug-likeness (QED) is 0.289. The Morgan fingerprint density at radius 1 is 0.941 bits per heavy atom. The van der Waals surface area contributed by atoms with Gasteiger partial charge in [0.25, 0.3) is 0 Å². The monoisotopic (exact) mass is 240 g/mol. The van der Waals surface area contributed by atoms with Crippen molar-refractivity contribution in [2.75, 3.05) is 0 Å². The van der Waals surface area contributed by atoms with Crippen LogP contribution >= 0.6 is 0 Å². The predicted octanol–water partition coefficient (Wildman–Crippen LogP) is 4.98. The summed E-state index contributed by atoms with van der Waals surface area (Å²) in [6, 6.07) is 0. The molecule has 0 aromatic carbocycles. The van der Waals surface area contributed by atoms with E-state index in [0.29, 0.717) is 6.42 Å². The maximum absolute atomic E-state index is 11.1. The Labute approximate surface area is 106 Å². The average molecular weight is 240 g/mol. The van der Waals surface area contributed by atoms with Gasteiger partial charge in [0.05, 0.1) is 6.26 Å². The van der Waals surface area contributed by atoms with Crippen molar-refractivity contribution < 1.29 is 9.53 Å². The molecule has 0 fully saturated rings. The SMILES string of the molecule is CC=COC(=O)CCCCCCCCCCC. The highest BCUT2D eigenvalue weighted by atomic mass is 16.5. The summed E-state index contributed by atoms with van der Waals surface area (Å²) in [6.45, 7) is 4.08. The van der Waals surface area contributed by atoms with Crippen LogP contribution in [-0.2, 0) is 9.53 Å². The summed E-state index contributed by atoms with van der Waals surface area (Å²) in [4.78, 5) is 11.1. The predicted molar refractivity (Wildman–Crippen MR) is 72.8 cm³/mol. The van der Waals surface area contributed by atoms with Gasteiger partial charge in [-0.1, -0.05) is 64.4 Å². The number of carbonyl (C=O) groups excluding carboxylic acids is 1. The molecular formula is C15H28O2. The van der Waals surface area contributed by atoms with Crippen LogP contribution in [-0.4, -0.2) is 5.97 Å². The fourth-order valence-electron chi connectivity index (χ4n) is 1.78. The van der Waals surface area contributed by atoms with Crippen molar-refractivity contribution in [3.8, 4) is 0 Å². The molecule has 0 heterocycles. The molecule has 0 rings (SSSR count). The standard InChI is InChI=1S/C15H28O2/c1-3-5-6-7-8-9-10-11-12-13-15(16)17-14-4-2/h4,14H,3,5-13H2,1-2H3. The van der Waals surface area contributed by atoms with Crippen LogP contribution in [0.5, 0.6) is 0 Å². The lowest BCUT2D eigenvalue weighted by atomic mass is 10.1. The topological polar surface area (TPSA) is 26.3 Å². The molecule has 0 aliphatic rings. The first-order chi connectivity index (χ1) is 8.31. The molecule has 0 aromatic rings. The summed E-state index contributed by atoms with van der Waals surface area (Å²) in [6.07, 6.45) is 15.2. The third-order valence-corrected chi connectivity index (χ3v) is 2.82. The normalized spacial score (nSPS) is 10.9. The number of esters is 1. The maximum atomic E-state index is 11.1. The Bertz CT molecular complexity index is 197. The fraction of sp³-hybridized carbons (Fsp3) is 0.800. The van der Waals surface area contributed by atoms with E-state index in [1.165, 1.54) is 51.2 Å². The second-order valence-corrected chi connectivity index (χ2v) is 4.54. The summed E-state index contributed by atoms with van der Waals surface area (Å²) >= 11 is 0. The fourth-order valence-corrected chi connectivity index (χ4v) is 1.78. The Morgan fingerprint density at radius 3 is 2.00 bits per heavy atom. The molecule has 0 aliphatic heterocycles. The molecule has 2 nitrogen and oxygen atoms in total. The van der Waals surface area contributed by atoms with E-state index in [2.05, 4.69) is 6.92 Å². The summed E-state index contributed by atoms with van der Waals surface area (Å²) < 4.78 is 4.84. The van der Waals surface area contributed by atoms with Crippen molar-refractivity contribution in [3.05, 3.63) is 12.3 Å². The van der Waals surface area contributed by atoms with E-state index in [-0.39, 0.29) is 5.97 Å². The number of carbonyl (C=O) groups is 1. The van der Waals surface area contributed by atoms with Crippen molar-refractivity contribution in [2.45, 2.75) is 78.1 Å². The van der Waals surface area contributed by atoms with Gasteiger partial charge in [-0.05, 0) is 13.3 Å². The zero-order valence-corrected chi connectivity index (χ0v) is 11.5. The second kappa shape index (κ2) is 13.3. The summed E-state index contributed by atoms with van der Waals surface area (Å²) in [5.41, 5.74) is 0. The lowest BCUT2D eigenvalue weighted by molar-refractivity contribution is -0.138. The van der Waals surface area contributed by atoms with Crippen LogP contribution < -0.4 is 0 Å². The molecule has 0 aromatic heterocycles. The van der Waals surface area contributed by atoms with Crippen molar-refractivity contribution in [1.82, 2.24) is 0 Å². The van der Waals surface area contributed by atoms with Gasteiger partial charge in [-0.25, -0.2) is 0 Å². The molecule has 100 valence electrons. The molecule has 0 atom stereocenters. The Kier molecular flexibility index (Phi) is 12.7. The third kappa shape index (κ3) is 13.1. The van der Waals surface area contributed by atoms with Gasteiger partial charge in [0, 0.05) is 6.42 Å². The minimum Gasteiger partial charge on any atom is -0.435 e. The van der Waals surface area contributed by atoms with Crippen LogP contribution in [0.15, 0.2) is 12.3 Å². The minimum atomic E-state index is -0.106. The molecule has 0 aliphatic carbocycles. The molecular weight excluding hydrogens is 212 g/mol. The highest BCUT2D eigenvalue weighted by molar-refractivity contribution is 5.69. The number of ether oxygens (including phenoxy) is 1. The number of allylic oxidation sites excluding steroid dienone is 1. The van der Waals surface area contributed by atoms with Gasteiger partial charge in [-0.2, -0.15) is 0 Å². The van der Waals surface area contributed by atoms with Gasteiger partial charge >= 0.3 is 5.97 Å². The lowest BCUT2D eigenvalue weighted by Gasteiger charge is -2.01. The molecule has 0 N–H and O–H groups in total. The van der Waals surface area contributed by atoms with Crippen LogP contribution in [0.25, 0.3) is 0 Å². The molecule has 0 saturated heterocycles. The first kappa shape index (κ1) is 16.2. The van der Waals surface area contributed by atoms with Crippen LogP contribution in [0, 0.1) is 0 Å². The smallest absolute Gasteiger partial charge is 0.310 e. The van der Waals surface area contributed by atoms with E-state index in [9.17, 15) is 4.79 Å². The minimum absolute atomic E-state index is 0.106. The van der Waals surface area contributed by atoms with Crippen LogP contribution in [0.2, 0.25) is 0 Å². The van der Waals surface area contributed by atoms with Gasteiger partial charge in [0.15, 0.2) is 0 Å². The molecule has 0 radical (unpaired) electrons. The molecule has 0 saturated carbocycles. The van der Waals surface area contributed by atoms with E-state index in [0.717, 1.165) is 12.8 Å². The summed E-state index contributed by atoms with van der Waals surface area (Å²) in [5, 5.41) is 0. The van der Waals surface area contributed by atoms with Crippen LogP contribution in [0.4, 0.5) is 0 Å². The molecule has 0 amide bonds. The van der Waals surface area contributed by atoms with Crippen LogP contribution in [0.1, 0.15) is 78.1 Å². The van der Waals surface area contributed by atoms with Crippen molar-refractivity contribution >= 4 is 5.97 Å². The first-order valence-corrected chi connectivity index (χ1v) is 7.12. The highest BCUT2D eigenvalue weighted by Crippen LogP contribution is 2.10. The highest BCUT2D eigenvalue weighted by Gasteiger charge is 1.99. The second-order valence-electron chi connectivity index (χ2n) is 4.54. The largest absolute Gasteiger partial charge is 0.435 e. The molecule has 2 heteroatoms. The van der Waals surface area contributed by atoms with Gasteiger partial charge in [0.2, 0.25) is 0 Å². The molecule has 0 bridgehead atoms. The van der Waals surface area contributed by atoms with Crippen LogP contribution in [0.3, 0.4) is 0 Å². The van der Waals surface area contributed by atoms with Crippen molar-refractivity contribution in [3.63, 3.8) is 0 Å². The molecule has 0 spiro atoms. The van der Waals surface area contributed by atoms with Gasteiger partial charge in [0.1, 0.15) is 0 Å². The van der Waals surface area contributed by atoms with E-state index in [4.69, 9.17) is 4.74 Å². The van der Waals surface area contributed by atoms with Gasteiger partial charge in [-0.3, -0.25) is 4.79 Å². The van der Waals surface area contributed by atoms with Crippen molar-refractivity contribution in [1.29, 1.82) is 0 Å². The van der Waals surface area contributed by atoms with E-state index < -0.39 is 0 Å². The summed E-state index contributed by atoms with van der Waals surface area (Å²) in [7, 11) is 0. The van der Waals surface area contributed by atoms with Gasteiger partial charge < -0.3 is 4.74 Å². The number of unbranched alkanes of at least 4 members (excludes halogenated alkanes) is 8. The van der Waals surface area contributed by atoms with E-state index in [1.807, 2.05) is 6.92 Å². The maximum Gasteiger partial charge on any atom is 0.310 e. The zero-order valence-electron chi connectivity index (χ0n) is 11.5. The van der Waals surface area contributed by atoms with Crippen molar-refractivity contribution in [2.24, 2.45) is 0 Å². The van der Waals surface area contributed by atoms with E-state index >= 15 is 0 Å². The van der Waals surface area contributed by atoms with Gasteiger partial charge in [-0.15, -0.1) is 0 Å². The Morgan fingerprint density at radius 2 is 1.47 bits per heavy atom. The molecule has 17 heavy (non-hydrogen) atoms. The number of hydrogen-bond acceptors (Lipinski definition) is 2. The Balaban J connectivity index is 3.10. The lowest BCUT2D eigenvalue weighted by Crippen LogP contribution is -1.98. The average Bonchev–Trinajstić information content (AvgIpc) is 2.34. The number of rotatable bonds is 11.